The summed E-state index contributed by atoms with van der Waals surface area (Å²) in [6, 6.07) is 8.07. The molecule has 0 amide bonds. The topological polar surface area (TPSA) is 47.6 Å². The van der Waals surface area contributed by atoms with Crippen molar-refractivity contribution in [3.8, 4) is 0 Å². The van der Waals surface area contributed by atoms with E-state index >= 15 is 0 Å². The highest BCUT2D eigenvalue weighted by molar-refractivity contribution is 5.79. The maximum atomic E-state index is 11.5. The van der Waals surface area contributed by atoms with Gasteiger partial charge in [-0.3, -0.25) is 10.1 Å². The first-order valence-electron chi connectivity index (χ1n) is 5.90. The number of carbonyl (C=O) groups is 1. The minimum Gasteiger partial charge on any atom is -0.468 e. The van der Waals surface area contributed by atoms with Gasteiger partial charge < -0.3 is 9.47 Å². The summed E-state index contributed by atoms with van der Waals surface area (Å²) in [5.74, 6) is -0.268. The van der Waals surface area contributed by atoms with E-state index in [1.165, 1.54) is 7.11 Å². The third-order valence-electron chi connectivity index (χ3n) is 2.73. The van der Waals surface area contributed by atoms with E-state index < -0.39 is 5.54 Å². The molecule has 0 aromatic heterocycles. The fraction of sp³-hybridized carbons (Fsp3) is 0.500. The Kier molecular flexibility index (Phi) is 5.31. The molecule has 4 nitrogen and oxygen atoms in total. The number of ether oxygens (including phenoxy) is 2. The molecule has 1 aromatic rings. The number of hydrogen-bond acceptors (Lipinski definition) is 4. The highest BCUT2D eigenvalue weighted by Gasteiger charge is 2.27. The van der Waals surface area contributed by atoms with E-state index in [0.29, 0.717) is 13.2 Å². The van der Waals surface area contributed by atoms with E-state index in [-0.39, 0.29) is 5.97 Å². The van der Waals surface area contributed by atoms with Crippen LogP contribution < -0.4 is 5.32 Å². The molecule has 0 fully saturated rings. The van der Waals surface area contributed by atoms with Gasteiger partial charge in [-0.2, -0.15) is 0 Å². The predicted molar refractivity (Wildman–Crippen MR) is 70.1 cm³/mol. The smallest absolute Gasteiger partial charge is 0.325 e. The van der Waals surface area contributed by atoms with Crippen molar-refractivity contribution in [3.05, 3.63) is 35.4 Å². The van der Waals surface area contributed by atoms with E-state index in [1.54, 1.807) is 21.0 Å². The molecular weight excluding hydrogens is 230 g/mol. The van der Waals surface area contributed by atoms with Gasteiger partial charge in [0, 0.05) is 13.7 Å². The number of carbonyl (C=O) groups excluding carboxylic acids is 1. The predicted octanol–water partition coefficient (Wildman–Crippen LogP) is 1.87. The molecule has 0 saturated heterocycles. The first-order valence-corrected chi connectivity index (χ1v) is 5.90. The highest BCUT2D eigenvalue weighted by atomic mass is 16.5. The molecule has 0 spiro atoms. The second kappa shape index (κ2) is 6.52. The fourth-order valence-electron chi connectivity index (χ4n) is 1.65. The van der Waals surface area contributed by atoms with Gasteiger partial charge in [-0.1, -0.05) is 24.3 Å². The van der Waals surface area contributed by atoms with Crippen LogP contribution in [0.3, 0.4) is 0 Å². The minimum absolute atomic E-state index is 0.268. The Hall–Kier alpha value is -1.39. The molecule has 0 aliphatic heterocycles. The van der Waals surface area contributed by atoms with Gasteiger partial charge in [0.05, 0.1) is 13.7 Å². The third-order valence-corrected chi connectivity index (χ3v) is 2.73. The van der Waals surface area contributed by atoms with E-state index in [0.717, 1.165) is 11.1 Å². The number of rotatable bonds is 6. The Morgan fingerprint density at radius 2 is 1.94 bits per heavy atom. The number of benzene rings is 1. The monoisotopic (exact) mass is 251 g/mol. The second-order valence-corrected chi connectivity index (χ2v) is 4.72. The van der Waals surface area contributed by atoms with Crippen molar-refractivity contribution in [2.75, 3.05) is 14.2 Å². The average molecular weight is 251 g/mol. The summed E-state index contributed by atoms with van der Waals surface area (Å²) < 4.78 is 9.83. The standard InChI is InChI=1S/C14H21NO3/c1-14(2,13(16)18-4)15-9-11-6-5-7-12(8-11)10-17-3/h5-8,15H,9-10H2,1-4H3. The summed E-state index contributed by atoms with van der Waals surface area (Å²) in [6.45, 7) is 4.81. The molecule has 1 N–H and O–H groups in total. The van der Waals surface area contributed by atoms with Gasteiger partial charge in [0.1, 0.15) is 5.54 Å². The third kappa shape index (κ3) is 4.13. The minimum atomic E-state index is -0.688. The van der Waals surface area contributed by atoms with Crippen LogP contribution >= 0.6 is 0 Å². The lowest BCUT2D eigenvalue weighted by Gasteiger charge is -2.23. The number of nitrogens with one attached hydrogen (secondary N) is 1. The normalized spacial score (nSPS) is 11.3. The van der Waals surface area contributed by atoms with Crippen LogP contribution in [0.4, 0.5) is 0 Å². The molecule has 0 bridgehead atoms. The fourth-order valence-corrected chi connectivity index (χ4v) is 1.65. The Bertz CT molecular complexity index is 402. The Morgan fingerprint density at radius 3 is 2.56 bits per heavy atom. The number of methoxy groups -OCH3 is 2. The molecule has 18 heavy (non-hydrogen) atoms. The highest BCUT2D eigenvalue weighted by Crippen LogP contribution is 2.10. The first kappa shape index (κ1) is 14.7. The zero-order valence-electron chi connectivity index (χ0n) is 11.4. The quantitative estimate of drug-likeness (QED) is 0.784. The molecule has 4 heteroatoms. The summed E-state index contributed by atoms with van der Waals surface area (Å²) in [5, 5.41) is 3.18. The molecule has 0 atom stereocenters. The largest absolute Gasteiger partial charge is 0.468 e. The van der Waals surface area contributed by atoms with Crippen LogP contribution in [0.15, 0.2) is 24.3 Å². The molecule has 0 radical (unpaired) electrons. The number of hydrogen-bond donors (Lipinski definition) is 1. The van der Waals surface area contributed by atoms with Crippen molar-refractivity contribution < 1.29 is 14.3 Å². The summed E-state index contributed by atoms with van der Waals surface area (Å²) in [4.78, 5) is 11.5. The van der Waals surface area contributed by atoms with Crippen LogP contribution in [0, 0.1) is 0 Å². The molecule has 0 heterocycles. The van der Waals surface area contributed by atoms with Gasteiger partial charge in [0.2, 0.25) is 0 Å². The van der Waals surface area contributed by atoms with Crippen molar-refractivity contribution >= 4 is 5.97 Å². The Morgan fingerprint density at radius 1 is 1.28 bits per heavy atom. The molecular formula is C14H21NO3. The summed E-state index contributed by atoms with van der Waals surface area (Å²) >= 11 is 0. The van der Waals surface area contributed by atoms with Gasteiger partial charge in [-0.25, -0.2) is 0 Å². The zero-order valence-corrected chi connectivity index (χ0v) is 11.4. The summed E-state index contributed by atoms with van der Waals surface area (Å²) in [6.07, 6.45) is 0. The van der Waals surface area contributed by atoms with Gasteiger partial charge in [-0.15, -0.1) is 0 Å². The van der Waals surface area contributed by atoms with Crippen LogP contribution in [-0.2, 0) is 27.4 Å². The van der Waals surface area contributed by atoms with Gasteiger partial charge >= 0.3 is 5.97 Å². The van der Waals surface area contributed by atoms with Gasteiger partial charge in [-0.05, 0) is 25.0 Å². The van der Waals surface area contributed by atoms with Crippen LogP contribution in [-0.4, -0.2) is 25.7 Å². The van der Waals surface area contributed by atoms with Crippen molar-refractivity contribution in [1.82, 2.24) is 5.32 Å². The van der Waals surface area contributed by atoms with Crippen LogP contribution in [0.25, 0.3) is 0 Å². The maximum Gasteiger partial charge on any atom is 0.325 e. The van der Waals surface area contributed by atoms with Crippen molar-refractivity contribution in [3.63, 3.8) is 0 Å². The van der Waals surface area contributed by atoms with Gasteiger partial charge in [0.15, 0.2) is 0 Å². The molecule has 1 aromatic carbocycles. The van der Waals surface area contributed by atoms with Crippen LogP contribution in [0.1, 0.15) is 25.0 Å². The van der Waals surface area contributed by atoms with E-state index in [9.17, 15) is 4.79 Å². The molecule has 0 saturated carbocycles. The van der Waals surface area contributed by atoms with E-state index in [4.69, 9.17) is 9.47 Å². The first-order chi connectivity index (χ1) is 8.49. The Labute approximate surface area is 108 Å². The van der Waals surface area contributed by atoms with Crippen LogP contribution in [0.2, 0.25) is 0 Å². The number of esters is 1. The Balaban J connectivity index is 2.63. The van der Waals surface area contributed by atoms with E-state index in [2.05, 4.69) is 11.4 Å². The summed E-state index contributed by atoms with van der Waals surface area (Å²) in [5.41, 5.74) is 1.54. The lowest BCUT2D eigenvalue weighted by molar-refractivity contribution is -0.147. The van der Waals surface area contributed by atoms with E-state index in [1.807, 2.05) is 18.2 Å². The second-order valence-electron chi connectivity index (χ2n) is 4.72. The molecule has 1 rings (SSSR count). The SMILES string of the molecule is COCc1cccc(CNC(C)(C)C(=O)OC)c1. The van der Waals surface area contributed by atoms with Crippen molar-refractivity contribution in [2.24, 2.45) is 0 Å². The lowest BCUT2D eigenvalue weighted by Crippen LogP contribution is -2.46. The average Bonchev–Trinajstić information content (AvgIpc) is 2.36. The zero-order chi connectivity index (χ0) is 13.6. The maximum absolute atomic E-state index is 11.5. The molecule has 0 aliphatic rings. The summed E-state index contributed by atoms with van der Waals surface area (Å²) in [7, 11) is 3.07. The van der Waals surface area contributed by atoms with Crippen LogP contribution in [0.5, 0.6) is 0 Å². The lowest BCUT2D eigenvalue weighted by atomic mass is 10.0. The van der Waals surface area contributed by atoms with Crippen molar-refractivity contribution in [2.45, 2.75) is 32.5 Å². The molecule has 100 valence electrons. The molecule has 0 unspecified atom stereocenters. The van der Waals surface area contributed by atoms with Gasteiger partial charge in [0.25, 0.3) is 0 Å². The molecule has 0 aliphatic carbocycles. The van der Waals surface area contributed by atoms with Crippen molar-refractivity contribution in [1.29, 1.82) is 0 Å².